The van der Waals surface area contributed by atoms with Crippen LogP contribution in [0.3, 0.4) is 0 Å². The number of rotatable bonds is 7. The van der Waals surface area contributed by atoms with Crippen LogP contribution in [-0.4, -0.2) is 41.5 Å². The maximum atomic E-state index is 14.9. The average Bonchev–Trinajstić information content (AvgIpc) is 3.38. The molecule has 3 atom stereocenters. The number of hydrogen-bond donors (Lipinski definition) is 2. The number of oxazole rings is 1. The van der Waals surface area contributed by atoms with E-state index in [-0.39, 0.29) is 23.3 Å². The molecule has 13 heteroatoms. The summed E-state index contributed by atoms with van der Waals surface area (Å²) in [6, 6.07) is 3.33. The van der Waals surface area contributed by atoms with Crippen LogP contribution in [-0.2, 0) is 12.1 Å². The van der Waals surface area contributed by atoms with Gasteiger partial charge >= 0.3 is 0 Å². The van der Waals surface area contributed by atoms with Gasteiger partial charge in [0, 0.05) is 17.5 Å². The molecule has 0 unspecified atom stereocenters. The first-order valence-corrected chi connectivity index (χ1v) is 11.9. The molecule has 3 N–H and O–H groups in total. The first-order valence-electron chi connectivity index (χ1n) is 11.1. The molecule has 0 radical (unpaired) electrons. The number of alkyl halides is 1. The fraction of sp³-hybridized carbons (Fsp3) is 0.304. The Labute approximate surface area is 207 Å². The fourth-order valence-corrected chi connectivity index (χ4v) is 5.97. The van der Waals surface area contributed by atoms with Gasteiger partial charge in [0.05, 0.1) is 40.1 Å². The summed E-state index contributed by atoms with van der Waals surface area (Å²) in [4.78, 5) is 25.4. The van der Waals surface area contributed by atoms with Gasteiger partial charge in [0.2, 0.25) is 11.8 Å². The summed E-state index contributed by atoms with van der Waals surface area (Å²) in [5, 5.41) is 3.38. The second-order valence-corrected chi connectivity index (χ2v) is 10.3. The largest absolute Gasteiger partial charge is 0.482 e. The van der Waals surface area contributed by atoms with Crippen LogP contribution >= 0.6 is 11.8 Å². The number of ether oxygens (including phenoxy) is 1. The lowest BCUT2D eigenvalue weighted by molar-refractivity contribution is 0.262. The van der Waals surface area contributed by atoms with Crippen molar-refractivity contribution in [2.45, 2.75) is 30.2 Å². The molecule has 5 heterocycles. The lowest BCUT2D eigenvalue weighted by Gasteiger charge is -2.33. The van der Waals surface area contributed by atoms with E-state index >= 15 is 0 Å². The van der Waals surface area contributed by atoms with E-state index in [4.69, 9.17) is 14.9 Å². The Morgan fingerprint density at radius 2 is 2.11 bits per heavy atom. The van der Waals surface area contributed by atoms with E-state index in [1.807, 2.05) is 0 Å². The predicted molar refractivity (Wildman–Crippen MR) is 129 cm³/mol. The van der Waals surface area contributed by atoms with Gasteiger partial charge in [-0.25, -0.2) is 29.3 Å². The van der Waals surface area contributed by atoms with Crippen LogP contribution in [0.25, 0.3) is 11.0 Å². The van der Waals surface area contributed by atoms with Gasteiger partial charge in [0.15, 0.2) is 17.6 Å². The summed E-state index contributed by atoms with van der Waals surface area (Å²) in [5.41, 5.74) is 6.70. The van der Waals surface area contributed by atoms with Crippen LogP contribution in [0.2, 0.25) is 0 Å². The van der Waals surface area contributed by atoms with E-state index in [0.717, 1.165) is 0 Å². The summed E-state index contributed by atoms with van der Waals surface area (Å²) in [6.07, 6.45) is 7.84. The number of hydrogen-bond acceptors (Lipinski definition) is 11. The van der Waals surface area contributed by atoms with Crippen molar-refractivity contribution in [3.63, 3.8) is 0 Å². The molecule has 1 aliphatic heterocycles. The molecular weight excluding hydrogens is 490 g/mol. The number of aromatic nitrogens is 5. The molecule has 0 bridgehead atoms. The molecule has 0 spiro atoms. The molecule has 1 saturated carbocycles. The Kier molecular flexibility index (Phi) is 5.25. The molecule has 2 aliphatic rings. The Hall–Kier alpha value is -3.87. The third-order valence-corrected chi connectivity index (χ3v) is 7.79. The molecule has 0 aromatic carbocycles. The van der Waals surface area contributed by atoms with Crippen molar-refractivity contribution in [2.24, 2.45) is 16.6 Å². The van der Waals surface area contributed by atoms with Gasteiger partial charge in [-0.1, -0.05) is 11.8 Å². The molecule has 1 aliphatic carbocycles. The molecule has 1 fully saturated rings. The van der Waals surface area contributed by atoms with Crippen molar-refractivity contribution < 1.29 is 17.9 Å². The minimum absolute atomic E-state index is 0.148. The first-order chi connectivity index (χ1) is 17.4. The molecular formula is C23H20F2N8O2S. The van der Waals surface area contributed by atoms with Gasteiger partial charge < -0.3 is 20.2 Å². The van der Waals surface area contributed by atoms with Gasteiger partial charge in [0.25, 0.3) is 0 Å². The number of amidine groups is 1. The summed E-state index contributed by atoms with van der Waals surface area (Å²) in [6.45, 7) is 1.37. The molecule has 4 aromatic rings. The van der Waals surface area contributed by atoms with E-state index in [9.17, 15) is 8.78 Å². The number of halogens is 2. The maximum absolute atomic E-state index is 14.9. The number of thioether (sulfide) groups is 1. The molecule has 6 rings (SSSR count). The highest BCUT2D eigenvalue weighted by Crippen LogP contribution is 2.66. The third-order valence-electron chi connectivity index (χ3n) is 6.52. The number of nitrogens with two attached hydrogens (primary N) is 1. The van der Waals surface area contributed by atoms with Crippen molar-refractivity contribution in [3.05, 3.63) is 60.7 Å². The fourth-order valence-electron chi connectivity index (χ4n) is 4.64. The molecule has 0 amide bonds. The van der Waals surface area contributed by atoms with Gasteiger partial charge in [0.1, 0.15) is 30.5 Å². The second-order valence-electron chi connectivity index (χ2n) is 8.82. The monoisotopic (exact) mass is 510 g/mol. The van der Waals surface area contributed by atoms with Crippen molar-refractivity contribution in [1.29, 1.82) is 0 Å². The average molecular weight is 511 g/mol. The van der Waals surface area contributed by atoms with Crippen LogP contribution in [0, 0.1) is 11.9 Å². The van der Waals surface area contributed by atoms with Crippen LogP contribution in [0.1, 0.15) is 24.8 Å². The SMILES string of the molecule is C[C@@]1(c2cc(Nc3ncnc4cc(OCc5ncco5)cnc34)cnc2F)N=C(N)S[C@@]2(CF)C[C@H]21. The van der Waals surface area contributed by atoms with Gasteiger partial charge in [-0.15, -0.1) is 0 Å². The molecule has 184 valence electrons. The number of nitrogens with zero attached hydrogens (tertiary/aromatic N) is 6. The van der Waals surface area contributed by atoms with Crippen LogP contribution in [0.15, 0.2) is 52.7 Å². The van der Waals surface area contributed by atoms with Gasteiger partial charge in [-0.3, -0.25) is 4.99 Å². The predicted octanol–water partition coefficient (Wildman–Crippen LogP) is 3.87. The number of aliphatic imine (C=N–C) groups is 1. The molecule has 4 aromatic heterocycles. The van der Waals surface area contributed by atoms with E-state index in [2.05, 4.69) is 35.2 Å². The van der Waals surface area contributed by atoms with Gasteiger partial charge in [-0.05, 0) is 19.4 Å². The Morgan fingerprint density at radius 3 is 2.92 bits per heavy atom. The Bertz CT molecular complexity index is 1490. The lowest BCUT2D eigenvalue weighted by atomic mass is 9.86. The van der Waals surface area contributed by atoms with Gasteiger partial charge in [-0.2, -0.15) is 4.39 Å². The highest BCUT2D eigenvalue weighted by molar-refractivity contribution is 8.15. The zero-order valence-electron chi connectivity index (χ0n) is 19.0. The zero-order valence-corrected chi connectivity index (χ0v) is 19.8. The normalized spacial score (nSPS) is 24.8. The maximum Gasteiger partial charge on any atom is 0.232 e. The van der Waals surface area contributed by atoms with Crippen molar-refractivity contribution in [1.82, 2.24) is 24.9 Å². The van der Waals surface area contributed by atoms with E-state index in [0.29, 0.717) is 40.6 Å². The van der Waals surface area contributed by atoms with Crippen molar-refractivity contribution >= 4 is 39.5 Å². The minimum Gasteiger partial charge on any atom is -0.482 e. The van der Waals surface area contributed by atoms with Crippen LogP contribution < -0.4 is 15.8 Å². The summed E-state index contributed by atoms with van der Waals surface area (Å²) in [5.74, 6) is 0.455. The standard InChI is InChI=1S/C23H20F2N8O2S/c1-22(16-6-23(16,10-24)36-21(26)33-22)14-4-12(7-29-19(14)25)32-20-18-15(30-11-31-20)5-13(8-28-18)35-9-17-27-2-3-34-17/h2-5,7-8,11,16H,6,9-10H2,1H3,(H2,26,33)(H,30,31,32)/t16-,22-,23+/m0/s1. The smallest absolute Gasteiger partial charge is 0.232 e. The second kappa shape index (κ2) is 8.36. The molecule has 10 nitrogen and oxygen atoms in total. The topological polar surface area (TPSA) is 137 Å². The quantitative estimate of drug-likeness (QED) is 0.352. The zero-order chi connectivity index (χ0) is 24.9. The number of anilines is 2. The van der Waals surface area contributed by atoms with E-state index in [1.54, 1.807) is 19.1 Å². The summed E-state index contributed by atoms with van der Waals surface area (Å²) in [7, 11) is 0. The first kappa shape index (κ1) is 22.6. The van der Waals surface area contributed by atoms with Crippen molar-refractivity contribution in [2.75, 3.05) is 12.0 Å². The van der Waals surface area contributed by atoms with E-state index < -0.39 is 22.9 Å². The summed E-state index contributed by atoms with van der Waals surface area (Å²) >= 11 is 1.23. The molecule has 0 saturated heterocycles. The van der Waals surface area contributed by atoms with E-state index in [1.165, 1.54) is 42.9 Å². The molecule has 36 heavy (non-hydrogen) atoms. The Balaban J connectivity index is 1.29. The van der Waals surface area contributed by atoms with Crippen molar-refractivity contribution in [3.8, 4) is 5.75 Å². The number of pyridine rings is 2. The Morgan fingerprint density at radius 1 is 1.22 bits per heavy atom. The van der Waals surface area contributed by atoms with Crippen LogP contribution in [0.4, 0.5) is 20.3 Å². The minimum atomic E-state index is -1.03. The highest BCUT2D eigenvalue weighted by Gasteiger charge is 2.67. The number of fused-ring (bicyclic) bond motifs is 2. The lowest BCUT2D eigenvalue weighted by Crippen LogP contribution is -2.37. The highest BCUT2D eigenvalue weighted by atomic mass is 32.2. The summed E-state index contributed by atoms with van der Waals surface area (Å²) < 4.78 is 38.9. The number of nitrogens with one attached hydrogen (secondary N) is 1. The third kappa shape index (κ3) is 3.79. The van der Waals surface area contributed by atoms with Crippen LogP contribution in [0.5, 0.6) is 5.75 Å².